The highest BCUT2D eigenvalue weighted by Crippen LogP contribution is 2.27. The molecule has 0 radical (unpaired) electrons. The van der Waals surface area contributed by atoms with Gasteiger partial charge >= 0.3 is 0 Å². The highest BCUT2D eigenvalue weighted by atomic mass is 15.3. The van der Waals surface area contributed by atoms with Gasteiger partial charge in [0, 0.05) is 31.7 Å². The van der Waals surface area contributed by atoms with E-state index in [9.17, 15) is 0 Å². The molecule has 2 rings (SSSR count). The van der Waals surface area contributed by atoms with Crippen molar-refractivity contribution in [2.24, 2.45) is 0 Å². The Balaban J connectivity index is 2.12. The van der Waals surface area contributed by atoms with Crippen LogP contribution in [0.3, 0.4) is 0 Å². The van der Waals surface area contributed by atoms with Crippen LogP contribution < -0.4 is 5.32 Å². The molecule has 1 heterocycles. The van der Waals surface area contributed by atoms with E-state index in [1.807, 2.05) is 0 Å². The van der Waals surface area contributed by atoms with Crippen LogP contribution in [0.5, 0.6) is 0 Å². The van der Waals surface area contributed by atoms with E-state index in [1.165, 1.54) is 18.4 Å². The number of piperazine rings is 1. The highest BCUT2D eigenvalue weighted by Gasteiger charge is 2.35. The Kier molecular flexibility index (Phi) is 4.19. The molecule has 2 nitrogen and oxygen atoms in total. The van der Waals surface area contributed by atoms with Crippen LogP contribution in [0.25, 0.3) is 0 Å². The Morgan fingerprint density at radius 1 is 1.18 bits per heavy atom. The Bertz CT molecular complexity index is 330. The second-order valence-electron chi connectivity index (χ2n) is 5.02. The summed E-state index contributed by atoms with van der Waals surface area (Å²) in [5.74, 6) is 0. The molecule has 1 fully saturated rings. The van der Waals surface area contributed by atoms with Gasteiger partial charge in [-0.25, -0.2) is 0 Å². The van der Waals surface area contributed by atoms with Crippen molar-refractivity contribution in [1.29, 1.82) is 0 Å². The van der Waals surface area contributed by atoms with Gasteiger partial charge in [-0.2, -0.15) is 0 Å². The van der Waals surface area contributed by atoms with E-state index >= 15 is 0 Å². The van der Waals surface area contributed by atoms with E-state index in [0.29, 0.717) is 5.54 Å². The van der Waals surface area contributed by atoms with Crippen molar-refractivity contribution in [1.82, 2.24) is 10.2 Å². The van der Waals surface area contributed by atoms with E-state index in [2.05, 4.69) is 54.4 Å². The molecule has 0 aliphatic carbocycles. The van der Waals surface area contributed by atoms with E-state index in [1.54, 1.807) is 0 Å². The molecule has 1 saturated heterocycles. The third-order valence-electron chi connectivity index (χ3n) is 4.22. The largest absolute Gasteiger partial charge is 0.314 e. The summed E-state index contributed by atoms with van der Waals surface area (Å²) in [6.07, 6.45) is 2.45. The third-order valence-corrected chi connectivity index (χ3v) is 4.22. The monoisotopic (exact) mass is 232 g/mol. The first-order valence-electron chi connectivity index (χ1n) is 6.80. The van der Waals surface area contributed by atoms with Crippen molar-refractivity contribution < 1.29 is 0 Å². The van der Waals surface area contributed by atoms with Gasteiger partial charge in [0.15, 0.2) is 0 Å². The number of rotatable bonds is 4. The lowest BCUT2D eigenvalue weighted by Gasteiger charge is -2.47. The molecular weight excluding hydrogens is 208 g/mol. The standard InChI is InChI=1S/C15H24N2/c1-3-15(4-2)13-16-10-11-17(15)12-14-8-6-5-7-9-14/h5-9,16H,3-4,10-13H2,1-2H3. The number of nitrogens with zero attached hydrogens (tertiary/aromatic N) is 1. The number of nitrogens with one attached hydrogen (secondary N) is 1. The lowest BCUT2D eigenvalue weighted by Crippen LogP contribution is -2.60. The first-order chi connectivity index (χ1) is 8.30. The van der Waals surface area contributed by atoms with Crippen LogP contribution in [0.4, 0.5) is 0 Å². The van der Waals surface area contributed by atoms with Gasteiger partial charge in [-0.15, -0.1) is 0 Å². The number of benzene rings is 1. The number of hydrogen-bond acceptors (Lipinski definition) is 2. The Labute approximate surface area is 105 Å². The molecule has 1 aliphatic heterocycles. The second kappa shape index (κ2) is 5.65. The van der Waals surface area contributed by atoms with Crippen molar-refractivity contribution in [3.63, 3.8) is 0 Å². The summed E-state index contributed by atoms with van der Waals surface area (Å²) in [5.41, 5.74) is 1.79. The van der Waals surface area contributed by atoms with Crippen molar-refractivity contribution in [3.05, 3.63) is 35.9 Å². The first-order valence-corrected chi connectivity index (χ1v) is 6.80. The van der Waals surface area contributed by atoms with Gasteiger partial charge in [0.1, 0.15) is 0 Å². The molecule has 0 saturated carbocycles. The molecule has 2 heteroatoms. The summed E-state index contributed by atoms with van der Waals surface area (Å²) < 4.78 is 0. The Morgan fingerprint density at radius 3 is 2.53 bits per heavy atom. The van der Waals surface area contributed by atoms with Gasteiger partial charge < -0.3 is 5.32 Å². The molecule has 0 spiro atoms. The maximum Gasteiger partial charge on any atom is 0.0332 e. The zero-order chi connectivity index (χ0) is 12.1. The topological polar surface area (TPSA) is 15.3 Å². The highest BCUT2D eigenvalue weighted by molar-refractivity contribution is 5.15. The van der Waals surface area contributed by atoms with E-state index < -0.39 is 0 Å². The van der Waals surface area contributed by atoms with E-state index in [4.69, 9.17) is 0 Å². The third kappa shape index (κ3) is 2.70. The van der Waals surface area contributed by atoms with Crippen LogP contribution in [-0.4, -0.2) is 30.1 Å². The first kappa shape index (κ1) is 12.6. The summed E-state index contributed by atoms with van der Waals surface area (Å²) in [4.78, 5) is 2.67. The quantitative estimate of drug-likeness (QED) is 0.858. The minimum absolute atomic E-state index is 0.355. The van der Waals surface area contributed by atoms with Crippen molar-refractivity contribution >= 4 is 0 Å². The van der Waals surface area contributed by atoms with Gasteiger partial charge in [0.2, 0.25) is 0 Å². The van der Waals surface area contributed by atoms with E-state index in [0.717, 1.165) is 26.2 Å². The molecule has 0 aromatic heterocycles. The van der Waals surface area contributed by atoms with E-state index in [-0.39, 0.29) is 0 Å². The van der Waals surface area contributed by atoms with Crippen LogP contribution in [0.15, 0.2) is 30.3 Å². The summed E-state index contributed by atoms with van der Waals surface area (Å²) in [7, 11) is 0. The van der Waals surface area contributed by atoms with Crippen molar-refractivity contribution in [3.8, 4) is 0 Å². The Hall–Kier alpha value is -0.860. The number of hydrogen-bond donors (Lipinski definition) is 1. The molecule has 0 bridgehead atoms. The molecule has 1 aliphatic rings. The van der Waals surface area contributed by atoms with Gasteiger partial charge in [0.25, 0.3) is 0 Å². The zero-order valence-corrected chi connectivity index (χ0v) is 11.1. The zero-order valence-electron chi connectivity index (χ0n) is 11.1. The molecule has 1 aromatic carbocycles. The molecule has 1 N–H and O–H groups in total. The van der Waals surface area contributed by atoms with Gasteiger partial charge in [-0.3, -0.25) is 4.90 Å². The lowest BCUT2D eigenvalue weighted by atomic mass is 9.88. The summed E-state index contributed by atoms with van der Waals surface area (Å²) in [6, 6.07) is 10.8. The molecular formula is C15H24N2. The van der Waals surface area contributed by atoms with Gasteiger partial charge in [-0.05, 0) is 18.4 Å². The van der Waals surface area contributed by atoms with Crippen LogP contribution in [0.1, 0.15) is 32.3 Å². The van der Waals surface area contributed by atoms with Crippen molar-refractivity contribution in [2.45, 2.75) is 38.8 Å². The maximum absolute atomic E-state index is 3.55. The minimum Gasteiger partial charge on any atom is -0.314 e. The summed E-state index contributed by atoms with van der Waals surface area (Å²) in [5, 5.41) is 3.55. The molecule has 1 aromatic rings. The molecule has 0 amide bonds. The minimum atomic E-state index is 0.355. The fourth-order valence-electron chi connectivity index (χ4n) is 2.88. The average Bonchev–Trinajstić information content (AvgIpc) is 2.41. The fraction of sp³-hybridized carbons (Fsp3) is 0.600. The maximum atomic E-state index is 3.55. The average molecular weight is 232 g/mol. The molecule has 0 atom stereocenters. The van der Waals surface area contributed by atoms with Crippen molar-refractivity contribution in [2.75, 3.05) is 19.6 Å². The fourth-order valence-corrected chi connectivity index (χ4v) is 2.88. The Morgan fingerprint density at radius 2 is 1.88 bits per heavy atom. The summed E-state index contributed by atoms with van der Waals surface area (Å²) in [6.45, 7) is 9.13. The smallest absolute Gasteiger partial charge is 0.0332 e. The second-order valence-corrected chi connectivity index (χ2v) is 5.02. The van der Waals surface area contributed by atoms with Crippen LogP contribution >= 0.6 is 0 Å². The van der Waals surface area contributed by atoms with Crippen LogP contribution in [-0.2, 0) is 6.54 Å². The van der Waals surface area contributed by atoms with Gasteiger partial charge in [0.05, 0.1) is 0 Å². The predicted octanol–water partition coefficient (Wildman–Crippen LogP) is 2.65. The van der Waals surface area contributed by atoms with Crippen LogP contribution in [0.2, 0.25) is 0 Å². The summed E-state index contributed by atoms with van der Waals surface area (Å²) >= 11 is 0. The predicted molar refractivity (Wildman–Crippen MR) is 73.0 cm³/mol. The molecule has 94 valence electrons. The normalized spacial score (nSPS) is 20.4. The van der Waals surface area contributed by atoms with Gasteiger partial charge in [-0.1, -0.05) is 44.2 Å². The van der Waals surface area contributed by atoms with Crippen LogP contribution in [0, 0.1) is 0 Å². The SMILES string of the molecule is CCC1(CC)CNCCN1Cc1ccccc1. The lowest BCUT2D eigenvalue weighted by molar-refractivity contribution is 0.0448. The molecule has 0 unspecified atom stereocenters. The molecule has 17 heavy (non-hydrogen) atoms.